The minimum atomic E-state index is 0.882. The molecule has 44 heavy (non-hydrogen) atoms. The van der Waals surface area contributed by atoms with Crippen LogP contribution in [0.3, 0.4) is 0 Å². The lowest BCUT2D eigenvalue weighted by molar-refractivity contribution is 0.489. The van der Waals surface area contributed by atoms with E-state index in [1.165, 1.54) is 55.6 Å². The number of hydrogen-bond donors (Lipinski definition) is 0. The Morgan fingerprint density at radius 3 is 1.59 bits per heavy atom. The Balaban J connectivity index is 1.23. The number of para-hydroxylation sites is 2. The monoisotopic (exact) mass is 560 g/mol. The van der Waals surface area contributed by atoms with Gasteiger partial charge in [-0.05, 0) is 79.8 Å². The Hall–Kier alpha value is -5.66. The Morgan fingerprint density at radius 2 is 0.818 bits per heavy atom. The summed E-state index contributed by atoms with van der Waals surface area (Å²) in [4.78, 5) is 0. The molecule has 0 saturated heterocycles. The zero-order valence-corrected chi connectivity index (χ0v) is 24.1. The topological polar surface area (TPSA) is 9.23 Å². The maximum absolute atomic E-state index is 6.80. The first-order valence-corrected chi connectivity index (χ1v) is 15.2. The van der Waals surface area contributed by atoms with Crippen LogP contribution < -0.4 is 4.74 Å². The summed E-state index contributed by atoms with van der Waals surface area (Å²) >= 11 is 0. The zero-order valence-electron chi connectivity index (χ0n) is 24.1. The molecule has 0 radical (unpaired) electrons. The van der Waals surface area contributed by atoms with Gasteiger partial charge in [-0.2, -0.15) is 0 Å². The van der Waals surface area contributed by atoms with Gasteiger partial charge in [-0.25, -0.2) is 0 Å². The lowest BCUT2D eigenvalue weighted by atomic mass is 9.88. The molecule has 0 fully saturated rings. The molecule has 0 spiro atoms. The zero-order chi connectivity index (χ0) is 29.0. The van der Waals surface area contributed by atoms with E-state index in [-0.39, 0.29) is 0 Å². The molecule has 206 valence electrons. The van der Waals surface area contributed by atoms with Crippen molar-refractivity contribution in [2.45, 2.75) is 6.42 Å². The summed E-state index contributed by atoms with van der Waals surface area (Å²) in [6.07, 6.45) is 0.887. The smallest absolute Gasteiger partial charge is 0.143 e. The van der Waals surface area contributed by atoms with E-state index in [0.29, 0.717) is 0 Å². The van der Waals surface area contributed by atoms with Crippen molar-refractivity contribution in [1.29, 1.82) is 0 Å². The molecule has 1 heteroatoms. The summed E-state index contributed by atoms with van der Waals surface area (Å²) in [5.41, 5.74) is 17.3. The molecule has 2 aliphatic rings. The Bertz CT molecular complexity index is 2080. The SMILES string of the molecule is c1cc(-c2cccc3c2Cc2ccccc2-c2ccccc2-3)cc(-c2cccc3c2Oc2ccccc2-c2ccccc2-3)c1. The molecule has 1 aliphatic heterocycles. The van der Waals surface area contributed by atoms with Crippen LogP contribution in [0.4, 0.5) is 0 Å². The predicted molar refractivity (Wildman–Crippen MR) is 182 cm³/mol. The summed E-state index contributed by atoms with van der Waals surface area (Å²) in [7, 11) is 0. The fraction of sp³-hybridized carbons (Fsp3) is 0.0233. The van der Waals surface area contributed by atoms with Crippen LogP contribution in [-0.4, -0.2) is 0 Å². The lowest BCUT2D eigenvalue weighted by Gasteiger charge is -2.17. The fourth-order valence-corrected chi connectivity index (χ4v) is 7.16. The van der Waals surface area contributed by atoms with Crippen LogP contribution in [0.25, 0.3) is 66.8 Å². The van der Waals surface area contributed by atoms with Crippen LogP contribution >= 0.6 is 0 Å². The standard InChI is InChI=1S/C43H28O/c1-2-15-31-30(12-1)27-41-32(21-10-23-38(41)35-17-4-3-16-34(31)35)28-13-9-14-29(26-28)33-22-11-24-40-37-19-6-5-18-36(37)39-20-7-8-25-42(39)44-43(33)40/h1-26H,27H2. The van der Waals surface area contributed by atoms with Crippen LogP contribution in [0.2, 0.25) is 0 Å². The van der Waals surface area contributed by atoms with Crippen molar-refractivity contribution in [2.24, 2.45) is 0 Å². The number of hydrogen-bond acceptors (Lipinski definition) is 1. The second-order valence-corrected chi connectivity index (χ2v) is 11.6. The Kier molecular flexibility index (Phi) is 5.64. The first-order valence-electron chi connectivity index (χ1n) is 15.2. The van der Waals surface area contributed by atoms with Crippen molar-refractivity contribution in [3.8, 4) is 78.3 Å². The Morgan fingerprint density at radius 1 is 0.341 bits per heavy atom. The van der Waals surface area contributed by atoms with Crippen molar-refractivity contribution in [3.05, 3.63) is 169 Å². The van der Waals surface area contributed by atoms with Gasteiger partial charge in [0.25, 0.3) is 0 Å². The molecule has 1 heterocycles. The van der Waals surface area contributed by atoms with Gasteiger partial charge in [0, 0.05) is 16.7 Å². The summed E-state index contributed by atoms with van der Waals surface area (Å²) in [5, 5.41) is 0. The summed E-state index contributed by atoms with van der Waals surface area (Å²) in [6, 6.07) is 56.9. The first kappa shape index (κ1) is 24.9. The third kappa shape index (κ3) is 3.87. The molecule has 1 nitrogen and oxygen atoms in total. The van der Waals surface area contributed by atoms with Crippen molar-refractivity contribution in [1.82, 2.24) is 0 Å². The van der Waals surface area contributed by atoms with Crippen molar-refractivity contribution < 1.29 is 4.74 Å². The minimum absolute atomic E-state index is 0.882. The van der Waals surface area contributed by atoms with Crippen molar-refractivity contribution in [2.75, 3.05) is 0 Å². The van der Waals surface area contributed by atoms with Crippen LogP contribution in [-0.2, 0) is 6.42 Å². The maximum atomic E-state index is 6.80. The van der Waals surface area contributed by atoms with E-state index in [1.54, 1.807) is 0 Å². The van der Waals surface area contributed by atoms with Crippen LogP contribution in [0.5, 0.6) is 11.5 Å². The van der Waals surface area contributed by atoms with Crippen LogP contribution in [0, 0.1) is 0 Å². The number of fused-ring (bicyclic) bond motifs is 10. The molecular weight excluding hydrogens is 532 g/mol. The van der Waals surface area contributed by atoms with E-state index in [4.69, 9.17) is 4.74 Å². The average molecular weight is 561 g/mol. The fourth-order valence-electron chi connectivity index (χ4n) is 7.16. The first-order chi connectivity index (χ1) is 21.8. The number of rotatable bonds is 2. The molecule has 0 N–H and O–H groups in total. The van der Waals surface area contributed by atoms with E-state index in [2.05, 4.69) is 152 Å². The predicted octanol–water partition coefficient (Wildman–Crippen LogP) is 11.7. The number of benzene rings is 7. The minimum Gasteiger partial charge on any atom is -0.455 e. The van der Waals surface area contributed by atoms with Crippen LogP contribution in [0.15, 0.2) is 158 Å². The molecule has 7 aromatic carbocycles. The maximum Gasteiger partial charge on any atom is 0.143 e. The third-order valence-corrected chi connectivity index (χ3v) is 9.17. The van der Waals surface area contributed by atoms with E-state index in [0.717, 1.165) is 40.2 Å². The van der Waals surface area contributed by atoms with Gasteiger partial charge in [-0.3, -0.25) is 0 Å². The van der Waals surface area contributed by atoms with Gasteiger partial charge in [-0.15, -0.1) is 0 Å². The summed E-state index contributed by atoms with van der Waals surface area (Å²) in [5.74, 6) is 1.78. The normalized spacial score (nSPS) is 12.2. The molecule has 0 bridgehead atoms. The van der Waals surface area contributed by atoms with Gasteiger partial charge in [0.05, 0.1) is 0 Å². The van der Waals surface area contributed by atoms with E-state index >= 15 is 0 Å². The second-order valence-electron chi connectivity index (χ2n) is 11.6. The summed E-state index contributed by atoms with van der Waals surface area (Å²) < 4.78 is 6.80. The molecule has 9 rings (SSSR count). The van der Waals surface area contributed by atoms with Gasteiger partial charge in [0.15, 0.2) is 0 Å². The van der Waals surface area contributed by atoms with Crippen molar-refractivity contribution >= 4 is 0 Å². The third-order valence-electron chi connectivity index (χ3n) is 9.17. The van der Waals surface area contributed by atoms with E-state index in [9.17, 15) is 0 Å². The average Bonchev–Trinajstić information content (AvgIpc) is 3.33. The molecule has 7 aromatic rings. The molecule has 1 aliphatic carbocycles. The highest BCUT2D eigenvalue weighted by molar-refractivity contribution is 5.95. The molecule has 0 amide bonds. The van der Waals surface area contributed by atoms with E-state index < -0.39 is 0 Å². The van der Waals surface area contributed by atoms with E-state index in [1.807, 2.05) is 6.07 Å². The quantitative estimate of drug-likeness (QED) is 0.204. The highest BCUT2D eigenvalue weighted by Gasteiger charge is 2.24. The van der Waals surface area contributed by atoms with Crippen molar-refractivity contribution in [3.63, 3.8) is 0 Å². The second kappa shape index (κ2) is 9.97. The molecule has 0 saturated carbocycles. The molecule has 0 unspecified atom stereocenters. The number of ether oxygens (including phenoxy) is 1. The molecule has 0 atom stereocenters. The van der Waals surface area contributed by atoms with Gasteiger partial charge < -0.3 is 4.74 Å². The molecule has 0 aromatic heterocycles. The highest BCUT2D eigenvalue weighted by atomic mass is 16.5. The molecular formula is C43H28O. The summed E-state index contributed by atoms with van der Waals surface area (Å²) in [6.45, 7) is 0. The highest BCUT2D eigenvalue weighted by Crippen LogP contribution is 2.50. The van der Waals surface area contributed by atoms with Gasteiger partial charge in [-0.1, -0.05) is 146 Å². The lowest BCUT2D eigenvalue weighted by Crippen LogP contribution is -1.95. The van der Waals surface area contributed by atoms with Gasteiger partial charge in [0.1, 0.15) is 11.5 Å². The van der Waals surface area contributed by atoms with Gasteiger partial charge in [0.2, 0.25) is 0 Å². The Labute approximate surface area is 257 Å². The largest absolute Gasteiger partial charge is 0.455 e. The van der Waals surface area contributed by atoms with Gasteiger partial charge >= 0.3 is 0 Å². The van der Waals surface area contributed by atoms with Crippen LogP contribution in [0.1, 0.15) is 11.1 Å².